The first kappa shape index (κ1) is 21.0. The van der Waals surface area contributed by atoms with Gasteiger partial charge in [0, 0.05) is 22.9 Å². The number of esters is 1. The molecule has 1 aliphatic carbocycles. The average Bonchev–Trinajstić information content (AvgIpc) is 2.96. The number of hydrogen-bond acceptors (Lipinski definition) is 7. The first-order valence-electron chi connectivity index (χ1n) is 9.46. The van der Waals surface area contributed by atoms with Crippen LogP contribution in [-0.4, -0.2) is 39.5 Å². The van der Waals surface area contributed by atoms with Crippen molar-refractivity contribution in [3.63, 3.8) is 0 Å². The number of nitrogens with zero attached hydrogens (tertiary/aromatic N) is 1. The van der Waals surface area contributed by atoms with Crippen molar-refractivity contribution in [1.82, 2.24) is 15.3 Å². The Morgan fingerprint density at radius 2 is 2.21 bits per heavy atom. The molecule has 0 radical (unpaired) electrons. The quantitative estimate of drug-likeness (QED) is 0.412. The van der Waals surface area contributed by atoms with E-state index in [1.54, 1.807) is 25.6 Å². The van der Waals surface area contributed by atoms with Gasteiger partial charge in [0.05, 0.1) is 23.0 Å². The molecule has 2 heterocycles. The van der Waals surface area contributed by atoms with Gasteiger partial charge in [0.1, 0.15) is 0 Å². The number of hydrogen-bond donors (Lipinski definition) is 2. The van der Waals surface area contributed by atoms with Gasteiger partial charge < -0.3 is 15.0 Å². The molecule has 3 unspecified atom stereocenters. The van der Waals surface area contributed by atoms with Crippen LogP contribution in [0.3, 0.4) is 0 Å². The largest absolute Gasteiger partial charge is 0.463 e. The predicted molar refractivity (Wildman–Crippen MR) is 110 cm³/mol. The second-order valence-corrected chi connectivity index (χ2v) is 9.39. The van der Waals surface area contributed by atoms with Crippen LogP contribution in [0.15, 0.2) is 26.6 Å². The molecule has 0 bridgehead atoms. The first-order valence-corrected chi connectivity index (χ1v) is 11.3. The van der Waals surface area contributed by atoms with Crippen LogP contribution in [0.5, 0.6) is 0 Å². The highest BCUT2D eigenvalue weighted by Crippen LogP contribution is 2.49. The molecular formula is C19H25N3O4S2. The number of carbonyl (C=O) groups excluding carboxylic acids is 2. The number of aromatic nitrogens is 2. The van der Waals surface area contributed by atoms with Gasteiger partial charge in [-0.25, -0.2) is 9.78 Å². The Morgan fingerprint density at radius 1 is 1.43 bits per heavy atom. The number of thioether (sulfide) groups is 2. The van der Waals surface area contributed by atoms with Crippen LogP contribution in [0.2, 0.25) is 0 Å². The van der Waals surface area contributed by atoms with Crippen LogP contribution in [0.25, 0.3) is 0 Å². The minimum Gasteiger partial charge on any atom is -0.463 e. The van der Waals surface area contributed by atoms with Crippen LogP contribution in [0.1, 0.15) is 38.8 Å². The Balaban J connectivity index is 1.70. The zero-order valence-electron chi connectivity index (χ0n) is 16.2. The molecule has 28 heavy (non-hydrogen) atoms. The second-order valence-electron chi connectivity index (χ2n) is 7.17. The fourth-order valence-corrected chi connectivity index (χ4v) is 6.06. The molecule has 0 aromatic carbocycles. The highest BCUT2D eigenvalue weighted by molar-refractivity contribution is 8.04. The van der Waals surface area contributed by atoms with E-state index in [1.807, 2.05) is 0 Å². The summed E-state index contributed by atoms with van der Waals surface area (Å²) in [7, 11) is 0. The Morgan fingerprint density at radius 3 is 2.93 bits per heavy atom. The van der Waals surface area contributed by atoms with E-state index in [0.717, 1.165) is 31.0 Å². The Bertz CT molecular complexity index is 852. The lowest BCUT2D eigenvalue weighted by atomic mass is 9.79. The van der Waals surface area contributed by atoms with Gasteiger partial charge >= 0.3 is 5.97 Å². The number of aromatic amines is 1. The lowest BCUT2D eigenvalue weighted by molar-refractivity contribution is -0.139. The zero-order chi connectivity index (χ0) is 20.3. The fourth-order valence-electron chi connectivity index (χ4n) is 3.64. The van der Waals surface area contributed by atoms with Crippen LogP contribution >= 0.6 is 23.5 Å². The predicted octanol–water partition coefficient (Wildman–Crippen LogP) is 2.61. The summed E-state index contributed by atoms with van der Waals surface area (Å²) in [5.41, 5.74) is 0.972. The Labute approximate surface area is 172 Å². The lowest BCUT2D eigenvalue weighted by Gasteiger charge is -2.29. The molecule has 7 nitrogen and oxygen atoms in total. The SMILES string of the molecule is CCOC(=O)C1=C(NC(=O)CSc2nc(C)cc(=O)[nH]2)SC2CC(C)CCC12. The van der Waals surface area contributed by atoms with Crippen molar-refractivity contribution in [2.24, 2.45) is 11.8 Å². The summed E-state index contributed by atoms with van der Waals surface area (Å²) in [6.45, 7) is 6.05. The number of nitrogens with one attached hydrogen (secondary N) is 2. The molecule has 152 valence electrons. The van der Waals surface area contributed by atoms with Crippen molar-refractivity contribution in [2.45, 2.75) is 50.4 Å². The van der Waals surface area contributed by atoms with Gasteiger partial charge in [0.25, 0.3) is 5.56 Å². The lowest BCUT2D eigenvalue weighted by Crippen LogP contribution is -2.28. The smallest absolute Gasteiger partial charge is 0.336 e. The third-order valence-electron chi connectivity index (χ3n) is 4.87. The van der Waals surface area contributed by atoms with E-state index < -0.39 is 0 Å². The van der Waals surface area contributed by atoms with Crippen molar-refractivity contribution in [3.05, 3.63) is 32.7 Å². The van der Waals surface area contributed by atoms with E-state index in [4.69, 9.17) is 4.74 Å². The number of aryl methyl sites for hydroxylation is 1. The zero-order valence-corrected chi connectivity index (χ0v) is 17.9. The maximum atomic E-state index is 12.5. The maximum absolute atomic E-state index is 12.5. The number of ether oxygens (including phenoxy) is 1. The van der Waals surface area contributed by atoms with Gasteiger partial charge in [-0.05, 0) is 32.6 Å². The summed E-state index contributed by atoms with van der Waals surface area (Å²) in [5, 5.41) is 4.24. The Kier molecular flexibility index (Phi) is 6.87. The molecular weight excluding hydrogens is 398 g/mol. The summed E-state index contributed by atoms with van der Waals surface area (Å²) < 4.78 is 5.25. The Hall–Kier alpha value is -1.74. The molecule has 1 aliphatic heterocycles. The topological polar surface area (TPSA) is 101 Å². The highest BCUT2D eigenvalue weighted by Gasteiger charge is 2.43. The second kappa shape index (κ2) is 9.17. The van der Waals surface area contributed by atoms with Crippen LogP contribution in [0.4, 0.5) is 0 Å². The van der Waals surface area contributed by atoms with Crippen LogP contribution in [0, 0.1) is 18.8 Å². The van der Waals surface area contributed by atoms with Crippen molar-refractivity contribution in [3.8, 4) is 0 Å². The molecule has 2 N–H and O–H groups in total. The third kappa shape index (κ3) is 5.00. The molecule has 3 atom stereocenters. The molecule has 2 aliphatic rings. The van der Waals surface area contributed by atoms with E-state index in [9.17, 15) is 14.4 Å². The molecule has 0 spiro atoms. The fraction of sp³-hybridized carbons (Fsp3) is 0.579. The molecule has 0 saturated heterocycles. The maximum Gasteiger partial charge on any atom is 0.336 e. The van der Waals surface area contributed by atoms with Crippen molar-refractivity contribution in [1.29, 1.82) is 0 Å². The molecule has 1 fully saturated rings. The van der Waals surface area contributed by atoms with Gasteiger partial charge in [-0.2, -0.15) is 0 Å². The van der Waals surface area contributed by atoms with E-state index >= 15 is 0 Å². The highest BCUT2D eigenvalue weighted by atomic mass is 32.2. The number of rotatable bonds is 6. The summed E-state index contributed by atoms with van der Waals surface area (Å²) in [5.74, 6) is 0.290. The van der Waals surface area contributed by atoms with E-state index in [-0.39, 0.29) is 29.1 Å². The third-order valence-corrected chi connectivity index (χ3v) is 7.13. The summed E-state index contributed by atoms with van der Waals surface area (Å²) in [4.78, 5) is 43.3. The van der Waals surface area contributed by atoms with Crippen molar-refractivity contribution < 1.29 is 14.3 Å². The molecule has 9 heteroatoms. The normalized spacial score (nSPS) is 24.0. The van der Waals surface area contributed by atoms with Crippen LogP contribution in [-0.2, 0) is 14.3 Å². The molecule has 1 amide bonds. The van der Waals surface area contributed by atoms with E-state index in [0.29, 0.717) is 39.2 Å². The van der Waals surface area contributed by atoms with Crippen molar-refractivity contribution in [2.75, 3.05) is 12.4 Å². The minimum absolute atomic E-state index is 0.0955. The molecule has 3 rings (SSSR count). The van der Waals surface area contributed by atoms with Gasteiger partial charge in [-0.1, -0.05) is 25.1 Å². The average molecular weight is 424 g/mol. The van der Waals surface area contributed by atoms with E-state index in [2.05, 4.69) is 22.2 Å². The van der Waals surface area contributed by atoms with Crippen LogP contribution < -0.4 is 10.9 Å². The number of fused-ring (bicyclic) bond motifs is 1. The summed E-state index contributed by atoms with van der Waals surface area (Å²) >= 11 is 2.74. The van der Waals surface area contributed by atoms with Gasteiger partial charge in [-0.3, -0.25) is 9.59 Å². The van der Waals surface area contributed by atoms with Crippen molar-refractivity contribution >= 4 is 35.4 Å². The standard InChI is InChI=1S/C19H25N3O4S2/c1-4-26-18(25)16-12-6-5-10(2)7-13(12)28-17(16)21-15(24)9-27-19-20-11(3)8-14(23)22-19/h8,10,12-13H,4-7,9H2,1-3H3,(H,21,24)(H,20,22,23). The first-order chi connectivity index (χ1) is 13.4. The molecule has 1 aromatic heterocycles. The summed E-state index contributed by atoms with van der Waals surface area (Å²) in [6, 6.07) is 1.40. The number of amides is 1. The van der Waals surface area contributed by atoms with E-state index in [1.165, 1.54) is 6.07 Å². The van der Waals surface area contributed by atoms with Gasteiger partial charge in [0.2, 0.25) is 5.91 Å². The van der Waals surface area contributed by atoms with Gasteiger partial charge in [-0.15, -0.1) is 11.8 Å². The summed E-state index contributed by atoms with van der Waals surface area (Å²) in [6.07, 6.45) is 3.05. The number of carbonyl (C=O) groups is 2. The molecule has 1 aromatic rings. The molecule has 1 saturated carbocycles. The monoisotopic (exact) mass is 423 g/mol. The number of H-pyrrole nitrogens is 1. The minimum atomic E-state index is -0.329. The van der Waals surface area contributed by atoms with Gasteiger partial charge in [0.15, 0.2) is 5.16 Å².